The summed E-state index contributed by atoms with van der Waals surface area (Å²) in [6.07, 6.45) is 3.85. The fourth-order valence-electron chi connectivity index (χ4n) is 3.51. The Morgan fingerprint density at radius 1 is 1.09 bits per heavy atom. The first kappa shape index (κ1) is 21.1. The van der Waals surface area contributed by atoms with Crippen molar-refractivity contribution in [1.82, 2.24) is 19.7 Å². The Labute approximate surface area is 199 Å². The zero-order valence-electron chi connectivity index (χ0n) is 17.6. The monoisotopic (exact) mass is 476 g/mol. The molecule has 0 aliphatic carbocycles. The van der Waals surface area contributed by atoms with E-state index in [1.807, 2.05) is 65.5 Å². The lowest BCUT2D eigenvalue weighted by atomic mass is 10.2. The van der Waals surface area contributed by atoms with Gasteiger partial charge in [0.1, 0.15) is 15.0 Å². The van der Waals surface area contributed by atoms with Gasteiger partial charge in [-0.05, 0) is 36.3 Å². The highest BCUT2D eigenvalue weighted by Crippen LogP contribution is 2.37. The fourth-order valence-corrected chi connectivity index (χ4v) is 5.75. The molecule has 32 heavy (non-hydrogen) atoms. The third kappa shape index (κ3) is 4.01. The zero-order chi connectivity index (χ0) is 22.2. The fraction of sp³-hybridized carbons (Fsp3) is 0.167. The summed E-state index contributed by atoms with van der Waals surface area (Å²) in [6, 6.07) is 18.0. The van der Waals surface area contributed by atoms with Crippen LogP contribution in [0, 0.1) is 5.92 Å². The van der Waals surface area contributed by atoms with Gasteiger partial charge in [0.2, 0.25) is 0 Å². The first-order valence-corrected chi connectivity index (χ1v) is 12.3. The van der Waals surface area contributed by atoms with Crippen LogP contribution in [0.5, 0.6) is 0 Å². The molecular formula is C24H20N4OS3. The lowest BCUT2D eigenvalue weighted by molar-refractivity contribution is -0.122. The Bertz CT molecular complexity index is 1320. The summed E-state index contributed by atoms with van der Waals surface area (Å²) < 4.78 is 3.54. The van der Waals surface area contributed by atoms with E-state index in [1.165, 1.54) is 11.8 Å². The predicted molar refractivity (Wildman–Crippen MR) is 137 cm³/mol. The van der Waals surface area contributed by atoms with Crippen LogP contribution >= 0.6 is 35.3 Å². The normalized spacial score (nSPS) is 15.6. The van der Waals surface area contributed by atoms with Crippen LogP contribution < -0.4 is 0 Å². The summed E-state index contributed by atoms with van der Waals surface area (Å²) in [5, 5.41) is 5.68. The molecule has 0 spiro atoms. The number of thiocarbonyl (C=S) groups is 1. The van der Waals surface area contributed by atoms with Gasteiger partial charge < -0.3 is 0 Å². The SMILES string of the molecule is CC(C)CN1C(=O)C(=Cc2cn(-c3ccccc3)nc2-c2nc3ccccc3s2)SC1=S. The minimum Gasteiger partial charge on any atom is -0.293 e. The molecule has 160 valence electrons. The molecule has 0 N–H and O–H groups in total. The summed E-state index contributed by atoms with van der Waals surface area (Å²) in [4.78, 5) is 20.1. The maximum absolute atomic E-state index is 13.0. The van der Waals surface area contributed by atoms with E-state index in [2.05, 4.69) is 19.9 Å². The van der Waals surface area contributed by atoms with Gasteiger partial charge in [-0.3, -0.25) is 9.69 Å². The van der Waals surface area contributed by atoms with Crippen LogP contribution in [0.3, 0.4) is 0 Å². The highest BCUT2D eigenvalue weighted by atomic mass is 32.2. The number of hydrogen-bond acceptors (Lipinski definition) is 6. The second-order valence-corrected chi connectivity index (χ2v) is 10.6. The van der Waals surface area contributed by atoms with Gasteiger partial charge in [-0.15, -0.1) is 11.3 Å². The van der Waals surface area contributed by atoms with Gasteiger partial charge in [-0.1, -0.05) is 68.2 Å². The van der Waals surface area contributed by atoms with Crippen molar-refractivity contribution in [3.05, 3.63) is 71.3 Å². The highest BCUT2D eigenvalue weighted by Gasteiger charge is 2.32. The van der Waals surface area contributed by atoms with Gasteiger partial charge in [-0.2, -0.15) is 5.10 Å². The first-order chi connectivity index (χ1) is 15.5. The van der Waals surface area contributed by atoms with Crippen molar-refractivity contribution < 1.29 is 4.79 Å². The number of para-hydroxylation sites is 2. The lowest BCUT2D eigenvalue weighted by Crippen LogP contribution is -2.31. The molecule has 0 atom stereocenters. The van der Waals surface area contributed by atoms with Crippen LogP contribution in [-0.4, -0.2) is 36.4 Å². The third-order valence-electron chi connectivity index (χ3n) is 4.97. The lowest BCUT2D eigenvalue weighted by Gasteiger charge is -2.16. The molecule has 1 fully saturated rings. The van der Waals surface area contributed by atoms with Crippen LogP contribution in [0.15, 0.2) is 65.7 Å². The van der Waals surface area contributed by atoms with Gasteiger partial charge in [0, 0.05) is 18.3 Å². The molecule has 1 saturated heterocycles. The molecule has 3 heterocycles. The van der Waals surface area contributed by atoms with Crippen molar-refractivity contribution in [1.29, 1.82) is 0 Å². The molecule has 2 aromatic heterocycles. The molecule has 0 unspecified atom stereocenters. The van der Waals surface area contributed by atoms with E-state index in [0.717, 1.165) is 32.2 Å². The molecule has 5 nitrogen and oxygen atoms in total. The van der Waals surface area contributed by atoms with E-state index in [-0.39, 0.29) is 5.91 Å². The summed E-state index contributed by atoms with van der Waals surface area (Å²) >= 11 is 8.42. The number of benzene rings is 2. The average molecular weight is 477 g/mol. The Kier molecular flexibility index (Phi) is 5.67. The van der Waals surface area contributed by atoms with Crippen molar-refractivity contribution in [3.63, 3.8) is 0 Å². The maximum Gasteiger partial charge on any atom is 0.266 e. The molecule has 0 bridgehead atoms. The summed E-state index contributed by atoms with van der Waals surface area (Å²) in [5.74, 6) is 0.299. The van der Waals surface area contributed by atoms with Gasteiger partial charge >= 0.3 is 0 Å². The van der Waals surface area contributed by atoms with Crippen LogP contribution in [0.1, 0.15) is 19.4 Å². The van der Waals surface area contributed by atoms with E-state index in [9.17, 15) is 4.79 Å². The Hall–Kier alpha value is -2.81. The predicted octanol–water partition coefficient (Wildman–Crippen LogP) is 6.01. The Morgan fingerprint density at radius 2 is 1.84 bits per heavy atom. The number of amides is 1. The second kappa shape index (κ2) is 8.61. The molecule has 1 aliphatic heterocycles. The van der Waals surface area contributed by atoms with Crippen molar-refractivity contribution in [2.75, 3.05) is 6.54 Å². The van der Waals surface area contributed by atoms with E-state index in [0.29, 0.717) is 21.7 Å². The largest absolute Gasteiger partial charge is 0.293 e. The number of fused-ring (bicyclic) bond motifs is 1. The zero-order valence-corrected chi connectivity index (χ0v) is 20.0. The second-order valence-electron chi connectivity index (χ2n) is 7.89. The number of nitrogens with zero attached hydrogens (tertiary/aromatic N) is 4. The molecular weight excluding hydrogens is 456 g/mol. The van der Waals surface area contributed by atoms with E-state index >= 15 is 0 Å². The average Bonchev–Trinajstić information content (AvgIpc) is 3.46. The topological polar surface area (TPSA) is 51.0 Å². The Balaban J connectivity index is 1.61. The van der Waals surface area contributed by atoms with E-state index in [4.69, 9.17) is 22.3 Å². The van der Waals surface area contributed by atoms with Gasteiger partial charge in [0.15, 0.2) is 0 Å². The van der Waals surface area contributed by atoms with Crippen molar-refractivity contribution in [2.45, 2.75) is 13.8 Å². The quantitative estimate of drug-likeness (QED) is 0.261. The molecule has 5 rings (SSSR count). The molecule has 8 heteroatoms. The first-order valence-electron chi connectivity index (χ1n) is 10.3. The Morgan fingerprint density at radius 3 is 2.59 bits per heavy atom. The van der Waals surface area contributed by atoms with Gasteiger partial charge in [-0.25, -0.2) is 9.67 Å². The summed E-state index contributed by atoms with van der Waals surface area (Å²) in [7, 11) is 0. The third-order valence-corrected chi connectivity index (χ3v) is 7.39. The number of carbonyl (C=O) groups is 1. The standard InChI is InChI=1S/C24H20N4OS3/c1-15(2)13-27-23(29)20(32-24(27)30)12-16-14-28(17-8-4-3-5-9-17)26-21(16)22-25-18-10-6-7-11-19(18)31-22/h3-12,14-15H,13H2,1-2H3. The molecule has 4 aromatic rings. The number of rotatable bonds is 5. The minimum atomic E-state index is -0.0450. The summed E-state index contributed by atoms with van der Waals surface area (Å²) in [6.45, 7) is 4.78. The molecule has 0 radical (unpaired) electrons. The maximum atomic E-state index is 13.0. The van der Waals surface area contributed by atoms with Crippen molar-refractivity contribution in [3.8, 4) is 16.4 Å². The van der Waals surface area contributed by atoms with E-state index in [1.54, 1.807) is 16.2 Å². The smallest absolute Gasteiger partial charge is 0.266 e. The van der Waals surface area contributed by atoms with Gasteiger partial charge in [0.25, 0.3) is 5.91 Å². The summed E-state index contributed by atoms with van der Waals surface area (Å²) in [5.41, 5.74) is 3.49. The number of hydrogen-bond donors (Lipinski definition) is 0. The number of carbonyl (C=O) groups excluding carboxylic acids is 1. The number of thiazole rings is 1. The molecule has 0 saturated carbocycles. The van der Waals surface area contributed by atoms with Crippen LogP contribution in [0.4, 0.5) is 0 Å². The van der Waals surface area contributed by atoms with Crippen LogP contribution in [0.25, 0.3) is 32.7 Å². The van der Waals surface area contributed by atoms with Crippen LogP contribution in [-0.2, 0) is 4.79 Å². The van der Waals surface area contributed by atoms with Crippen LogP contribution in [0.2, 0.25) is 0 Å². The minimum absolute atomic E-state index is 0.0450. The van der Waals surface area contributed by atoms with E-state index < -0.39 is 0 Å². The van der Waals surface area contributed by atoms with Crippen molar-refractivity contribution >= 4 is 61.8 Å². The molecule has 1 aliphatic rings. The molecule has 2 aromatic carbocycles. The van der Waals surface area contributed by atoms with Crippen molar-refractivity contribution in [2.24, 2.45) is 5.92 Å². The van der Waals surface area contributed by atoms with Gasteiger partial charge in [0.05, 0.1) is 20.8 Å². The highest BCUT2D eigenvalue weighted by molar-refractivity contribution is 8.26. The molecule has 1 amide bonds. The number of thioether (sulfide) groups is 1. The number of aromatic nitrogens is 3.